The summed E-state index contributed by atoms with van der Waals surface area (Å²) >= 11 is 3.60. The van der Waals surface area contributed by atoms with Gasteiger partial charge in [-0.05, 0) is 30.9 Å². The third-order valence-corrected chi connectivity index (χ3v) is 5.73. The number of likely N-dealkylation sites (tertiary alicyclic amines) is 1. The number of nitrogens with zero attached hydrogens (tertiary/aromatic N) is 3. The summed E-state index contributed by atoms with van der Waals surface area (Å²) in [6.45, 7) is 1.53. The summed E-state index contributed by atoms with van der Waals surface area (Å²) in [5.74, 6) is 1.74. The predicted octanol–water partition coefficient (Wildman–Crippen LogP) is 3.01. The number of carbonyl (C=O) groups is 1. The Bertz CT molecular complexity index is 712. The van der Waals surface area contributed by atoms with E-state index in [0.29, 0.717) is 11.8 Å². The van der Waals surface area contributed by atoms with Gasteiger partial charge in [0.15, 0.2) is 0 Å². The van der Waals surface area contributed by atoms with Crippen LogP contribution in [0.25, 0.3) is 0 Å². The van der Waals surface area contributed by atoms with Crippen LogP contribution in [0.3, 0.4) is 0 Å². The van der Waals surface area contributed by atoms with Gasteiger partial charge in [-0.25, -0.2) is 9.78 Å². The molecule has 2 aromatic rings. The van der Waals surface area contributed by atoms with Gasteiger partial charge < -0.3 is 10.2 Å². The van der Waals surface area contributed by atoms with E-state index in [1.54, 1.807) is 6.33 Å². The molecular weight excluding hydrogens is 370 g/mol. The highest BCUT2D eigenvalue weighted by Gasteiger charge is 2.41. The first-order valence-electron chi connectivity index (χ1n) is 8.37. The Morgan fingerprint density at radius 1 is 1.29 bits per heavy atom. The van der Waals surface area contributed by atoms with Crippen molar-refractivity contribution in [1.82, 2.24) is 25.4 Å². The number of hydrogen-bond acceptors (Lipinski definition) is 3. The molecular formula is C17H20BrN5O. The van der Waals surface area contributed by atoms with Gasteiger partial charge in [-0.15, -0.1) is 0 Å². The number of aromatic nitrogens is 3. The number of amides is 2. The summed E-state index contributed by atoms with van der Waals surface area (Å²) in [5, 5.41) is 10.0. The van der Waals surface area contributed by atoms with Crippen molar-refractivity contribution in [2.24, 2.45) is 0 Å². The van der Waals surface area contributed by atoms with Crippen LogP contribution >= 0.6 is 15.9 Å². The number of rotatable bonds is 3. The fourth-order valence-electron chi connectivity index (χ4n) is 3.49. The van der Waals surface area contributed by atoms with Gasteiger partial charge in [-0.1, -0.05) is 34.1 Å². The molecule has 1 aromatic heterocycles. The van der Waals surface area contributed by atoms with Crippen LogP contribution in [-0.2, 0) is 0 Å². The van der Waals surface area contributed by atoms with Crippen molar-refractivity contribution >= 4 is 22.0 Å². The third kappa shape index (κ3) is 3.17. The first-order valence-corrected chi connectivity index (χ1v) is 9.17. The highest BCUT2D eigenvalue weighted by Crippen LogP contribution is 2.43. The van der Waals surface area contributed by atoms with Crippen molar-refractivity contribution < 1.29 is 4.79 Å². The third-order valence-electron chi connectivity index (χ3n) is 5.01. The van der Waals surface area contributed by atoms with Gasteiger partial charge in [0.1, 0.15) is 12.2 Å². The standard InChI is InChI=1S/C17H20BrN5O/c18-14-4-2-1-3-12(14)13-9-15(13)21-17(24)23-7-5-11(6-8-23)16-19-10-20-22-16/h1-4,10-11,13,15H,5-9H2,(H,21,24)(H,19,20,22)/t13-,15+/m0/s1. The average molecular weight is 390 g/mol. The zero-order valence-corrected chi connectivity index (χ0v) is 14.9. The summed E-state index contributed by atoms with van der Waals surface area (Å²) in [5.41, 5.74) is 1.28. The maximum absolute atomic E-state index is 12.5. The number of H-pyrrole nitrogens is 1. The Morgan fingerprint density at radius 3 is 2.79 bits per heavy atom. The monoisotopic (exact) mass is 389 g/mol. The molecule has 1 aliphatic heterocycles. The second-order valence-corrected chi connectivity index (χ2v) is 7.41. The Morgan fingerprint density at radius 2 is 2.08 bits per heavy atom. The minimum absolute atomic E-state index is 0.0607. The second kappa shape index (κ2) is 6.55. The topological polar surface area (TPSA) is 73.9 Å². The fourth-order valence-corrected chi connectivity index (χ4v) is 4.07. The van der Waals surface area contributed by atoms with Crippen LogP contribution in [0.2, 0.25) is 0 Å². The summed E-state index contributed by atoms with van der Waals surface area (Å²) in [4.78, 5) is 18.6. The van der Waals surface area contributed by atoms with Crippen LogP contribution in [0, 0.1) is 0 Å². The highest BCUT2D eigenvalue weighted by molar-refractivity contribution is 9.10. The number of nitrogens with one attached hydrogen (secondary N) is 2. The van der Waals surface area contributed by atoms with Crippen molar-refractivity contribution in [1.29, 1.82) is 0 Å². The molecule has 1 saturated carbocycles. The molecule has 1 aliphatic carbocycles. The molecule has 2 fully saturated rings. The first-order chi connectivity index (χ1) is 11.7. The smallest absolute Gasteiger partial charge is 0.317 e. The van der Waals surface area contributed by atoms with Crippen LogP contribution in [0.15, 0.2) is 35.1 Å². The van der Waals surface area contributed by atoms with Crippen molar-refractivity contribution in [3.8, 4) is 0 Å². The van der Waals surface area contributed by atoms with E-state index < -0.39 is 0 Å². The molecule has 0 unspecified atom stereocenters. The second-order valence-electron chi connectivity index (χ2n) is 6.55. The number of aromatic amines is 1. The van der Waals surface area contributed by atoms with Gasteiger partial charge in [0.2, 0.25) is 0 Å². The number of halogens is 1. The van der Waals surface area contributed by atoms with E-state index in [4.69, 9.17) is 0 Å². The Labute approximate surface area is 149 Å². The zero-order chi connectivity index (χ0) is 16.5. The minimum atomic E-state index is 0.0607. The van der Waals surface area contributed by atoms with Gasteiger partial charge >= 0.3 is 6.03 Å². The van der Waals surface area contributed by atoms with Crippen LogP contribution in [-0.4, -0.2) is 45.2 Å². The SMILES string of the molecule is O=C(N[C@@H]1C[C@H]1c1ccccc1Br)N1CCC(c2ncn[nH]2)CC1. The maximum atomic E-state index is 12.5. The molecule has 24 heavy (non-hydrogen) atoms. The van der Waals surface area contributed by atoms with Crippen molar-refractivity contribution in [3.63, 3.8) is 0 Å². The van der Waals surface area contributed by atoms with E-state index in [-0.39, 0.29) is 12.1 Å². The molecule has 2 atom stereocenters. The lowest BCUT2D eigenvalue weighted by Crippen LogP contribution is -2.45. The lowest BCUT2D eigenvalue weighted by Gasteiger charge is -2.31. The van der Waals surface area contributed by atoms with Gasteiger partial charge in [0.05, 0.1) is 0 Å². The summed E-state index contributed by atoms with van der Waals surface area (Å²) < 4.78 is 1.12. The molecule has 0 spiro atoms. The Hall–Kier alpha value is -1.89. The average Bonchev–Trinajstić information content (AvgIpc) is 3.14. The minimum Gasteiger partial charge on any atom is -0.335 e. The van der Waals surface area contributed by atoms with E-state index in [9.17, 15) is 4.79 Å². The van der Waals surface area contributed by atoms with Crippen LogP contribution < -0.4 is 5.32 Å². The lowest BCUT2D eigenvalue weighted by molar-refractivity contribution is 0.180. The van der Waals surface area contributed by atoms with E-state index in [2.05, 4.69) is 48.6 Å². The molecule has 2 N–H and O–H groups in total. The molecule has 0 bridgehead atoms. The van der Waals surface area contributed by atoms with Crippen molar-refractivity contribution in [2.75, 3.05) is 13.1 Å². The number of benzene rings is 1. The molecule has 1 saturated heterocycles. The molecule has 126 valence electrons. The van der Waals surface area contributed by atoms with Gasteiger partial charge in [-0.2, -0.15) is 5.10 Å². The van der Waals surface area contributed by atoms with E-state index in [1.165, 1.54) is 5.56 Å². The Kier molecular flexibility index (Phi) is 4.26. The molecule has 6 nitrogen and oxygen atoms in total. The van der Waals surface area contributed by atoms with Gasteiger partial charge in [-0.3, -0.25) is 5.10 Å². The highest BCUT2D eigenvalue weighted by atomic mass is 79.9. The molecule has 1 aromatic carbocycles. The summed E-state index contributed by atoms with van der Waals surface area (Å²) in [6, 6.07) is 8.56. The molecule has 2 heterocycles. The van der Waals surface area contributed by atoms with Crippen LogP contribution in [0.4, 0.5) is 4.79 Å². The maximum Gasteiger partial charge on any atom is 0.317 e. The zero-order valence-electron chi connectivity index (χ0n) is 13.3. The van der Waals surface area contributed by atoms with Crippen molar-refractivity contribution in [2.45, 2.75) is 37.1 Å². The summed E-state index contributed by atoms with van der Waals surface area (Å²) in [6.07, 6.45) is 4.42. The Balaban J connectivity index is 1.28. The fraction of sp³-hybridized carbons (Fsp3) is 0.471. The number of carbonyl (C=O) groups excluding carboxylic acids is 1. The van der Waals surface area contributed by atoms with Crippen LogP contribution in [0.1, 0.15) is 42.5 Å². The first kappa shape index (κ1) is 15.6. The van der Waals surface area contributed by atoms with Crippen molar-refractivity contribution in [3.05, 3.63) is 46.5 Å². The molecule has 2 aliphatic rings. The lowest BCUT2D eigenvalue weighted by atomic mass is 9.96. The van der Waals surface area contributed by atoms with E-state index in [1.807, 2.05) is 17.0 Å². The van der Waals surface area contributed by atoms with Gasteiger partial charge in [0.25, 0.3) is 0 Å². The predicted molar refractivity (Wildman–Crippen MR) is 93.8 cm³/mol. The molecule has 7 heteroatoms. The quantitative estimate of drug-likeness (QED) is 0.846. The number of hydrogen-bond donors (Lipinski definition) is 2. The largest absolute Gasteiger partial charge is 0.335 e. The van der Waals surface area contributed by atoms with Crippen LogP contribution in [0.5, 0.6) is 0 Å². The van der Waals surface area contributed by atoms with Gasteiger partial charge in [0, 0.05) is 35.4 Å². The number of piperidine rings is 1. The van der Waals surface area contributed by atoms with E-state index >= 15 is 0 Å². The molecule has 0 radical (unpaired) electrons. The summed E-state index contributed by atoms with van der Waals surface area (Å²) in [7, 11) is 0. The van der Waals surface area contributed by atoms with E-state index in [0.717, 1.165) is 42.6 Å². The molecule has 4 rings (SSSR count). The normalized spacial score (nSPS) is 24.0. The molecule has 2 amide bonds. The number of urea groups is 1.